The first-order valence-electron chi connectivity index (χ1n) is 5.84. The van der Waals surface area contributed by atoms with E-state index in [1.165, 1.54) is 7.11 Å². The summed E-state index contributed by atoms with van der Waals surface area (Å²) in [5, 5.41) is 3.11. The van der Waals surface area contributed by atoms with E-state index < -0.39 is 0 Å². The van der Waals surface area contributed by atoms with Gasteiger partial charge in [0.1, 0.15) is 0 Å². The second-order valence-corrected chi connectivity index (χ2v) is 5.02. The highest BCUT2D eigenvalue weighted by Gasteiger charge is 2.10. The summed E-state index contributed by atoms with van der Waals surface area (Å²) in [5.41, 5.74) is 1.04. The molecule has 0 N–H and O–H groups in total. The van der Waals surface area contributed by atoms with Crippen LogP contribution in [0.25, 0.3) is 0 Å². The van der Waals surface area contributed by atoms with Crippen molar-refractivity contribution in [2.75, 3.05) is 33.9 Å². The zero-order valence-electron chi connectivity index (χ0n) is 11.1. The van der Waals surface area contributed by atoms with Gasteiger partial charge in [0.2, 0.25) is 0 Å². The third kappa shape index (κ3) is 5.57. The Bertz CT molecular complexity index is 368. The van der Waals surface area contributed by atoms with Crippen LogP contribution in [0.2, 0.25) is 0 Å². The van der Waals surface area contributed by atoms with Crippen LogP contribution in [0.1, 0.15) is 17.1 Å². The van der Waals surface area contributed by atoms with Gasteiger partial charge >= 0.3 is 5.97 Å². The molecule has 0 spiro atoms. The van der Waals surface area contributed by atoms with E-state index >= 15 is 0 Å². The van der Waals surface area contributed by atoms with Crippen molar-refractivity contribution in [1.82, 2.24) is 9.88 Å². The first-order chi connectivity index (χ1) is 8.65. The molecule has 6 heteroatoms. The summed E-state index contributed by atoms with van der Waals surface area (Å²) in [6.07, 6.45) is 0.392. The highest BCUT2D eigenvalue weighted by molar-refractivity contribution is 7.09. The molecule has 18 heavy (non-hydrogen) atoms. The van der Waals surface area contributed by atoms with Gasteiger partial charge in [-0.25, -0.2) is 4.98 Å². The lowest BCUT2D eigenvalue weighted by Gasteiger charge is -2.20. The van der Waals surface area contributed by atoms with Crippen LogP contribution in [0.3, 0.4) is 0 Å². The number of thiazole rings is 1. The van der Waals surface area contributed by atoms with Crippen molar-refractivity contribution < 1.29 is 14.3 Å². The van der Waals surface area contributed by atoms with E-state index in [0.717, 1.165) is 23.8 Å². The third-order valence-electron chi connectivity index (χ3n) is 2.52. The molecule has 0 saturated heterocycles. The van der Waals surface area contributed by atoms with Gasteiger partial charge in [0.05, 0.1) is 30.8 Å². The van der Waals surface area contributed by atoms with Gasteiger partial charge in [0.15, 0.2) is 0 Å². The summed E-state index contributed by atoms with van der Waals surface area (Å²) in [6, 6.07) is 0. The number of aromatic nitrogens is 1. The van der Waals surface area contributed by atoms with Crippen LogP contribution in [0.5, 0.6) is 0 Å². The Morgan fingerprint density at radius 2 is 2.22 bits per heavy atom. The van der Waals surface area contributed by atoms with Crippen LogP contribution in [0.4, 0.5) is 0 Å². The van der Waals surface area contributed by atoms with Gasteiger partial charge in [0.25, 0.3) is 0 Å². The Hall–Kier alpha value is -0.980. The first kappa shape index (κ1) is 15.1. The summed E-state index contributed by atoms with van der Waals surface area (Å²) < 4.78 is 9.72. The van der Waals surface area contributed by atoms with Crippen molar-refractivity contribution in [3.05, 3.63) is 16.1 Å². The Morgan fingerprint density at radius 1 is 1.44 bits per heavy atom. The normalized spacial score (nSPS) is 10.9. The Labute approximate surface area is 112 Å². The highest BCUT2D eigenvalue weighted by atomic mass is 32.1. The topological polar surface area (TPSA) is 51.7 Å². The van der Waals surface area contributed by atoms with Crippen molar-refractivity contribution in [1.29, 1.82) is 0 Å². The maximum absolute atomic E-state index is 11.2. The van der Waals surface area contributed by atoms with Crippen molar-refractivity contribution in [2.24, 2.45) is 0 Å². The van der Waals surface area contributed by atoms with Gasteiger partial charge in [-0.1, -0.05) is 0 Å². The quantitative estimate of drug-likeness (QED) is 0.671. The highest BCUT2D eigenvalue weighted by Crippen LogP contribution is 2.10. The van der Waals surface area contributed by atoms with Gasteiger partial charge in [-0.2, -0.15) is 0 Å². The van der Waals surface area contributed by atoms with E-state index in [4.69, 9.17) is 4.74 Å². The van der Waals surface area contributed by atoms with Crippen molar-refractivity contribution in [3.8, 4) is 0 Å². The summed E-state index contributed by atoms with van der Waals surface area (Å²) >= 11 is 1.64. The van der Waals surface area contributed by atoms with Crippen LogP contribution in [0, 0.1) is 6.92 Å². The third-order valence-corrected chi connectivity index (χ3v) is 3.35. The molecule has 0 radical (unpaired) electrons. The number of methoxy groups -OCH3 is 2. The molecule has 0 fully saturated rings. The average molecular weight is 272 g/mol. The maximum Gasteiger partial charge on any atom is 0.306 e. The Morgan fingerprint density at radius 3 is 2.78 bits per heavy atom. The lowest BCUT2D eigenvalue weighted by Crippen LogP contribution is -2.29. The number of nitrogens with zero attached hydrogens (tertiary/aromatic N) is 2. The molecule has 1 aromatic rings. The van der Waals surface area contributed by atoms with Crippen LogP contribution in [-0.2, 0) is 20.8 Å². The zero-order chi connectivity index (χ0) is 13.4. The minimum atomic E-state index is -0.188. The molecule has 0 aliphatic carbocycles. The minimum absolute atomic E-state index is 0.188. The lowest BCUT2D eigenvalue weighted by molar-refractivity contribution is -0.141. The molecule has 102 valence electrons. The fourth-order valence-corrected chi connectivity index (χ4v) is 2.16. The molecule has 1 heterocycles. The molecular weight excluding hydrogens is 252 g/mol. The van der Waals surface area contributed by atoms with Gasteiger partial charge in [-0.15, -0.1) is 11.3 Å². The number of ether oxygens (including phenoxy) is 2. The van der Waals surface area contributed by atoms with Gasteiger partial charge in [0, 0.05) is 32.1 Å². The number of aryl methyl sites for hydroxylation is 1. The van der Waals surface area contributed by atoms with Gasteiger partial charge < -0.3 is 9.47 Å². The summed E-state index contributed by atoms with van der Waals surface area (Å²) in [6.45, 7) is 4.81. The number of hydrogen-bond donors (Lipinski definition) is 0. The van der Waals surface area contributed by atoms with E-state index in [-0.39, 0.29) is 5.97 Å². The van der Waals surface area contributed by atoms with E-state index in [0.29, 0.717) is 19.6 Å². The average Bonchev–Trinajstić information content (AvgIpc) is 2.77. The molecule has 5 nitrogen and oxygen atoms in total. The van der Waals surface area contributed by atoms with Crippen molar-refractivity contribution in [2.45, 2.75) is 19.9 Å². The molecule has 0 bridgehead atoms. The van der Waals surface area contributed by atoms with Gasteiger partial charge in [-0.05, 0) is 6.92 Å². The smallest absolute Gasteiger partial charge is 0.306 e. The summed E-state index contributed by atoms with van der Waals surface area (Å²) in [4.78, 5) is 17.7. The lowest BCUT2D eigenvalue weighted by atomic mass is 10.3. The molecular formula is C12H20N2O3S. The molecule has 0 aliphatic heterocycles. The monoisotopic (exact) mass is 272 g/mol. The maximum atomic E-state index is 11.2. The SMILES string of the molecule is COCCN(CCC(=O)OC)Cc1csc(C)n1. The van der Waals surface area contributed by atoms with Crippen molar-refractivity contribution in [3.63, 3.8) is 0 Å². The van der Waals surface area contributed by atoms with Crippen LogP contribution in [0.15, 0.2) is 5.38 Å². The number of rotatable bonds is 8. The summed E-state index contributed by atoms with van der Waals surface area (Å²) in [5.74, 6) is -0.188. The number of hydrogen-bond acceptors (Lipinski definition) is 6. The second kappa shape index (κ2) is 8.18. The fraction of sp³-hybridized carbons (Fsp3) is 0.667. The van der Waals surface area contributed by atoms with E-state index in [2.05, 4.69) is 14.6 Å². The minimum Gasteiger partial charge on any atom is -0.469 e. The fourth-order valence-electron chi connectivity index (χ4n) is 1.55. The molecule has 1 rings (SSSR count). The standard InChI is InChI=1S/C12H20N2O3S/c1-10-13-11(9-18-10)8-14(6-7-16-2)5-4-12(15)17-3/h9H,4-8H2,1-3H3. The first-order valence-corrected chi connectivity index (χ1v) is 6.72. The Kier molecular flexibility index (Phi) is 6.85. The van der Waals surface area contributed by atoms with Crippen molar-refractivity contribution >= 4 is 17.3 Å². The van der Waals surface area contributed by atoms with Gasteiger partial charge in [-0.3, -0.25) is 9.69 Å². The van der Waals surface area contributed by atoms with Crippen LogP contribution >= 0.6 is 11.3 Å². The Balaban J connectivity index is 2.46. The van der Waals surface area contributed by atoms with Crippen LogP contribution < -0.4 is 0 Å². The largest absolute Gasteiger partial charge is 0.469 e. The molecule has 0 saturated carbocycles. The number of esters is 1. The molecule has 0 unspecified atom stereocenters. The number of carbonyl (C=O) groups excluding carboxylic acids is 1. The predicted octanol–water partition coefficient (Wildman–Crippen LogP) is 1.46. The summed E-state index contributed by atoms with van der Waals surface area (Å²) in [7, 11) is 3.08. The second-order valence-electron chi connectivity index (χ2n) is 3.95. The predicted molar refractivity (Wildman–Crippen MR) is 70.6 cm³/mol. The molecule has 0 amide bonds. The van der Waals surface area contributed by atoms with E-state index in [9.17, 15) is 4.79 Å². The molecule has 0 atom stereocenters. The molecule has 1 aromatic heterocycles. The molecule has 0 aliphatic rings. The zero-order valence-corrected chi connectivity index (χ0v) is 12.0. The van der Waals surface area contributed by atoms with E-state index in [1.807, 2.05) is 12.3 Å². The number of carbonyl (C=O) groups is 1. The van der Waals surface area contributed by atoms with Crippen LogP contribution in [-0.4, -0.2) is 49.8 Å². The molecule has 0 aromatic carbocycles. The van der Waals surface area contributed by atoms with E-state index in [1.54, 1.807) is 18.4 Å².